The zero-order chi connectivity index (χ0) is 21.1. The molecule has 0 aliphatic carbocycles. The van der Waals surface area contributed by atoms with Crippen molar-refractivity contribution in [2.75, 3.05) is 20.3 Å². The molecule has 2 aromatic rings. The van der Waals surface area contributed by atoms with Gasteiger partial charge in [0.2, 0.25) is 5.91 Å². The summed E-state index contributed by atoms with van der Waals surface area (Å²) >= 11 is 0. The Morgan fingerprint density at radius 3 is 2.66 bits per heavy atom. The van der Waals surface area contributed by atoms with Gasteiger partial charge in [0.25, 0.3) is 17.5 Å². The maximum absolute atomic E-state index is 13.1. The second-order valence-electron chi connectivity index (χ2n) is 6.45. The number of carbonyl (C=O) groups is 3. The van der Waals surface area contributed by atoms with Gasteiger partial charge in [-0.15, -0.1) is 0 Å². The zero-order valence-corrected chi connectivity index (χ0v) is 15.9. The van der Waals surface area contributed by atoms with Crippen LogP contribution in [0.15, 0.2) is 41.0 Å². The van der Waals surface area contributed by atoms with Crippen LogP contribution in [0.25, 0.3) is 0 Å². The molecule has 1 aromatic carbocycles. The number of fused-ring (bicyclic) bond motifs is 1. The molecule has 0 fully saturated rings. The molecule has 0 bridgehead atoms. The first-order valence-corrected chi connectivity index (χ1v) is 8.82. The minimum absolute atomic E-state index is 0.0849. The molecule has 1 aromatic heterocycles. The normalized spacial score (nSPS) is 14.1. The lowest BCUT2D eigenvalue weighted by Crippen LogP contribution is -2.49. The van der Waals surface area contributed by atoms with E-state index in [-0.39, 0.29) is 30.8 Å². The van der Waals surface area contributed by atoms with Crippen molar-refractivity contribution in [3.8, 4) is 0 Å². The SMILES string of the molecule is COCCN(Cc1ccco1)C(=O)C(C)N1C(=O)c2cccc([N+](=O)[O-])c2C1=O. The number of benzene rings is 1. The Morgan fingerprint density at radius 1 is 1.28 bits per heavy atom. The lowest BCUT2D eigenvalue weighted by atomic mass is 10.1. The summed E-state index contributed by atoms with van der Waals surface area (Å²) < 4.78 is 10.3. The van der Waals surface area contributed by atoms with Gasteiger partial charge in [0.15, 0.2) is 0 Å². The highest BCUT2D eigenvalue weighted by Crippen LogP contribution is 2.32. The van der Waals surface area contributed by atoms with Crippen molar-refractivity contribution in [3.63, 3.8) is 0 Å². The van der Waals surface area contributed by atoms with Crippen LogP contribution < -0.4 is 0 Å². The third-order valence-corrected chi connectivity index (χ3v) is 4.67. The Hall–Kier alpha value is -3.53. The molecule has 3 amide bonds. The number of rotatable bonds is 8. The number of amides is 3. The number of hydrogen-bond donors (Lipinski definition) is 0. The van der Waals surface area contributed by atoms with Crippen LogP contribution in [0.4, 0.5) is 5.69 Å². The standard InChI is InChI=1S/C19H19N3O7/c1-12(17(23)20(8-10-28-2)11-13-5-4-9-29-13)21-18(24)14-6-3-7-15(22(26)27)16(14)19(21)25/h3-7,9,12H,8,10-11H2,1-2H3. The maximum atomic E-state index is 13.1. The first-order chi connectivity index (χ1) is 13.9. The van der Waals surface area contributed by atoms with Gasteiger partial charge in [-0.25, -0.2) is 0 Å². The number of nitrogens with zero attached hydrogens (tertiary/aromatic N) is 3. The number of methoxy groups -OCH3 is 1. The molecule has 152 valence electrons. The largest absolute Gasteiger partial charge is 0.467 e. The van der Waals surface area contributed by atoms with Crippen LogP contribution in [-0.2, 0) is 16.1 Å². The van der Waals surface area contributed by atoms with Crippen molar-refractivity contribution in [2.24, 2.45) is 0 Å². The lowest BCUT2D eigenvalue weighted by Gasteiger charge is -2.28. The van der Waals surface area contributed by atoms with Crippen LogP contribution in [0.1, 0.15) is 33.4 Å². The number of ether oxygens (including phenoxy) is 1. The molecule has 0 spiro atoms. The monoisotopic (exact) mass is 401 g/mol. The molecule has 3 rings (SSSR count). The van der Waals surface area contributed by atoms with Gasteiger partial charge < -0.3 is 14.1 Å². The lowest BCUT2D eigenvalue weighted by molar-refractivity contribution is -0.385. The van der Waals surface area contributed by atoms with E-state index in [2.05, 4.69) is 0 Å². The van der Waals surface area contributed by atoms with E-state index in [0.29, 0.717) is 5.76 Å². The Balaban J connectivity index is 1.88. The number of imide groups is 1. The van der Waals surface area contributed by atoms with Gasteiger partial charge in [-0.1, -0.05) is 6.07 Å². The van der Waals surface area contributed by atoms with Gasteiger partial charge in [-0.2, -0.15) is 0 Å². The Bertz CT molecular complexity index is 955. The van der Waals surface area contributed by atoms with E-state index >= 15 is 0 Å². The first-order valence-electron chi connectivity index (χ1n) is 8.82. The predicted molar refractivity (Wildman–Crippen MR) is 99.1 cm³/mol. The van der Waals surface area contributed by atoms with E-state index in [1.807, 2.05) is 0 Å². The van der Waals surface area contributed by atoms with Gasteiger partial charge in [-0.05, 0) is 25.1 Å². The number of hydrogen-bond acceptors (Lipinski definition) is 7. The number of furan rings is 1. The molecular formula is C19H19N3O7. The molecule has 2 heterocycles. The molecule has 0 saturated heterocycles. The predicted octanol–water partition coefficient (Wildman–Crippen LogP) is 1.85. The molecule has 0 radical (unpaired) electrons. The molecule has 1 unspecified atom stereocenters. The molecule has 29 heavy (non-hydrogen) atoms. The second-order valence-corrected chi connectivity index (χ2v) is 6.45. The van der Waals surface area contributed by atoms with E-state index in [9.17, 15) is 24.5 Å². The fourth-order valence-corrected chi connectivity index (χ4v) is 3.22. The number of nitro groups is 1. The average Bonchev–Trinajstić information content (AvgIpc) is 3.30. The van der Waals surface area contributed by atoms with Crippen LogP contribution in [0, 0.1) is 10.1 Å². The fraction of sp³-hybridized carbons (Fsp3) is 0.316. The summed E-state index contributed by atoms with van der Waals surface area (Å²) in [6, 6.07) is 6.05. The molecular weight excluding hydrogens is 382 g/mol. The maximum Gasteiger partial charge on any atom is 0.282 e. The summed E-state index contributed by atoms with van der Waals surface area (Å²) in [4.78, 5) is 51.3. The molecule has 10 heteroatoms. The average molecular weight is 401 g/mol. The minimum atomic E-state index is -1.16. The third kappa shape index (κ3) is 3.74. The van der Waals surface area contributed by atoms with Crippen molar-refractivity contribution in [2.45, 2.75) is 19.5 Å². The van der Waals surface area contributed by atoms with Gasteiger partial charge in [0.1, 0.15) is 17.4 Å². The summed E-state index contributed by atoms with van der Waals surface area (Å²) in [5.41, 5.74) is -0.843. The van der Waals surface area contributed by atoms with Crippen LogP contribution >= 0.6 is 0 Å². The van der Waals surface area contributed by atoms with Crippen LogP contribution in [0.3, 0.4) is 0 Å². The highest BCUT2D eigenvalue weighted by molar-refractivity contribution is 6.24. The summed E-state index contributed by atoms with van der Waals surface area (Å²) in [7, 11) is 1.49. The zero-order valence-electron chi connectivity index (χ0n) is 15.9. The fourth-order valence-electron chi connectivity index (χ4n) is 3.22. The van der Waals surface area contributed by atoms with Gasteiger partial charge in [0.05, 0.1) is 29.9 Å². The molecule has 0 saturated carbocycles. The van der Waals surface area contributed by atoms with Crippen molar-refractivity contribution in [3.05, 3.63) is 63.6 Å². The number of nitro benzene ring substituents is 1. The van der Waals surface area contributed by atoms with Crippen LogP contribution in [-0.4, -0.2) is 58.7 Å². The summed E-state index contributed by atoms with van der Waals surface area (Å²) in [6.07, 6.45) is 1.47. The molecule has 0 N–H and O–H groups in total. The smallest absolute Gasteiger partial charge is 0.282 e. The Morgan fingerprint density at radius 2 is 2.03 bits per heavy atom. The van der Waals surface area contributed by atoms with E-state index in [0.717, 1.165) is 11.0 Å². The molecule has 1 atom stereocenters. The van der Waals surface area contributed by atoms with Crippen molar-refractivity contribution < 1.29 is 28.5 Å². The van der Waals surface area contributed by atoms with Gasteiger partial charge in [0, 0.05) is 19.7 Å². The van der Waals surface area contributed by atoms with Crippen LogP contribution in [0.2, 0.25) is 0 Å². The summed E-state index contributed by atoms with van der Waals surface area (Å²) in [6.45, 7) is 2.00. The molecule has 10 nitrogen and oxygen atoms in total. The minimum Gasteiger partial charge on any atom is -0.467 e. The topological polar surface area (TPSA) is 123 Å². The summed E-state index contributed by atoms with van der Waals surface area (Å²) in [5.74, 6) is -1.57. The highest BCUT2D eigenvalue weighted by Gasteiger charge is 2.45. The van der Waals surface area contributed by atoms with Crippen LogP contribution in [0.5, 0.6) is 0 Å². The van der Waals surface area contributed by atoms with Crippen molar-refractivity contribution in [1.82, 2.24) is 9.80 Å². The first kappa shape index (κ1) is 20.2. The van der Waals surface area contributed by atoms with Crippen molar-refractivity contribution >= 4 is 23.4 Å². The highest BCUT2D eigenvalue weighted by atomic mass is 16.6. The van der Waals surface area contributed by atoms with E-state index < -0.39 is 34.4 Å². The molecule has 1 aliphatic rings. The van der Waals surface area contributed by atoms with Crippen molar-refractivity contribution in [1.29, 1.82) is 0 Å². The summed E-state index contributed by atoms with van der Waals surface area (Å²) in [5, 5.41) is 11.3. The van der Waals surface area contributed by atoms with E-state index in [1.54, 1.807) is 12.1 Å². The number of carbonyl (C=O) groups excluding carboxylic acids is 3. The molecule has 1 aliphatic heterocycles. The van der Waals surface area contributed by atoms with E-state index in [1.165, 1.54) is 37.3 Å². The van der Waals surface area contributed by atoms with E-state index in [4.69, 9.17) is 9.15 Å². The van der Waals surface area contributed by atoms with Gasteiger partial charge >= 0.3 is 0 Å². The Labute approximate surface area is 165 Å². The second kappa shape index (κ2) is 8.23. The Kier molecular flexibility index (Phi) is 5.74. The third-order valence-electron chi connectivity index (χ3n) is 4.67. The quantitative estimate of drug-likeness (QED) is 0.376. The van der Waals surface area contributed by atoms with Gasteiger partial charge in [-0.3, -0.25) is 29.4 Å².